The van der Waals surface area contributed by atoms with E-state index >= 15 is 0 Å². The molecule has 0 aromatic carbocycles. The number of nitrogens with zero attached hydrogens (tertiary/aromatic N) is 4. The predicted molar refractivity (Wildman–Crippen MR) is 90.1 cm³/mol. The van der Waals surface area contributed by atoms with E-state index in [1.807, 2.05) is 6.07 Å². The zero-order valence-electron chi connectivity index (χ0n) is 13.6. The second kappa shape index (κ2) is 6.86. The largest absolute Gasteiger partial charge is 0.346 e. The molecule has 9 heteroatoms. The SMILES string of the molecule is CCCS(=O)(=O)NCCn1nc(-c2cccnc2)n(C2CC2)c1=O. The van der Waals surface area contributed by atoms with Crippen LogP contribution in [0.4, 0.5) is 0 Å². The van der Waals surface area contributed by atoms with Gasteiger partial charge in [-0.2, -0.15) is 0 Å². The molecule has 130 valence electrons. The van der Waals surface area contributed by atoms with E-state index in [-0.39, 0.29) is 30.6 Å². The number of hydrogen-bond acceptors (Lipinski definition) is 5. The number of nitrogens with one attached hydrogen (secondary N) is 1. The average molecular weight is 351 g/mol. The third kappa shape index (κ3) is 3.73. The number of sulfonamides is 1. The molecule has 0 unspecified atom stereocenters. The van der Waals surface area contributed by atoms with Crippen LogP contribution in [0.3, 0.4) is 0 Å². The van der Waals surface area contributed by atoms with Crippen LogP contribution in [0.25, 0.3) is 11.4 Å². The molecule has 1 saturated carbocycles. The number of pyridine rings is 1. The minimum Gasteiger partial charge on any atom is -0.272 e. The van der Waals surface area contributed by atoms with Crippen molar-refractivity contribution in [3.63, 3.8) is 0 Å². The zero-order chi connectivity index (χ0) is 17.2. The minimum atomic E-state index is -3.28. The van der Waals surface area contributed by atoms with Gasteiger partial charge in [-0.3, -0.25) is 9.55 Å². The average Bonchev–Trinajstić information content (AvgIpc) is 3.33. The fourth-order valence-electron chi connectivity index (χ4n) is 2.57. The number of hydrogen-bond donors (Lipinski definition) is 1. The molecule has 8 nitrogen and oxygen atoms in total. The van der Waals surface area contributed by atoms with Crippen molar-refractivity contribution in [2.24, 2.45) is 0 Å². The standard InChI is InChI=1S/C15H21N5O3S/c1-2-10-24(22,23)17-8-9-19-15(21)20(13-5-6-13)14(18-19)12-4-3-7-16-11-12/h3-4,7,11,13,17H,2,5-6,8-10H2,1H3. The summed E-state index contributed by atoms with van der Waals surface area (Å²) in [6.45, 7) is 2.16. The van der Waals surface area contributed by atoms with Crippen molar-refractivity contribution >= 4 is 10.0 Å². The molecule has 0 bridgehead atoms. The van der Waals surface area contributed by atoms with Gasteiger partial charge in [-0.25, -0.2) is 22.6 Å². The Morgan fingerprint density at radius 2 is 2.17 bits per heavy atom. The smallest absolute Gasteiger partial charge is 0.272 e. The molecule has 2 aromatic rings. The van der Waals surface area contributed by atoms with Crippen LogP contribution in [-0.4, -0.2) is 40.0 Å². The molecule has 1 fully saturated rings. The molecular formula is C15H21N5O3S. The molecule has 24 heavy (non-hydrogen) atoms. The van der Waals surface area contributed by atoms with Gasteiger partial charge in [-0.1, -0.05) is 6.92 Å². The molecule has 1 N–H and O–H groups in total. The first-order valence-electron chi connectivity index (χ1n) is 8.09. The first kappa shape index (κ1) is 16.8. The van der Waals surface area contributed by atoms with Crippen LogP contribution in [0, 0.1) is 0 Å². The molecule has 1 aliphatic carbocycles. The van der Waals surface area contributed by atoms with Gasteiger partial charge in [0.1, 0.15) is 0 Å². The molecule has 1 aliphatic rings. The fraction of sp³-hybridized carbons (Fsp3) is 0.533. The monoisotopic (exact) mass is 351 g/mol. The second-order valence-corrected chi connectivity index (χ2v) is 7.81. The molecule has 2 aromatic heterocycles. The van der Waals surface area contributed by atoms with Gasteiger partial charge in [0.2, 0.25) is 10.0 Å². The van der Waals surface area contributed by atoms with Crippen LogP contribution in [-0.2, 0) is 16.6 Å². The molecule has 0 atom stereocenters. The summed E-state index contributed by atoms with van der Waals surface area (Å²) in [7, 11) is -3.28. The summed E-state index contributed by atoms with van der Waals surface area (Å²) in [5, 5.41) is 4.40. The number of aromatic nitrogens is 4. The molecule has 3 rings (SSSR count). The third-order valence-corrected chi connectivity index (χ3v) is 5.41. The van der Waals surface area contributed by atoms with Crippen molar-refractivity contribution in [1.29, 1.82) is 0 Å². The summed E-state index contributed by atoms with van der Waals surface area (Å²) >= 11 is 0. The van der Waals surface area contributed by atoms with Gasteiger partial charge < -0.3 is 0 Å². The van der Waals surface area contributed by atoms with E-state index in [0.29, 0.717) is 12.2 Å². The number of rotatable bonds is 8. The van der Waals surface area contributed by atoms with Gasteiger partial charge in [-0.15, -0.1) is 5.10 Å². The second-order valence-electron chi connectivity index (χ2n) is 5.89. The van der Waals surface area contributed by atoms with Crippen LogP contribution in [0.1, 0.15) is 32.2 Å². The summed E-state index contributed by atoms with van der Waals surface area (Å²) in [6.07, 6.45) is 5.82. The van der Waals surface area contributed by atoms with Crippen LogP contribution in [0.2, 0.25) is 0 Å². The quantitative estimate of drug-likeness (QED) is 0.757. The van der Waals surface area contributed by atoms with Crippen LogP contribution in [0.15, 0.2) is 29.3 Å². The Morgan fingerprint density at radius 1 is 1.38 bits per heavy atom. The van der Waals surface area contributed by atoms with Crippen LogP contribution in [0.5, 0.6) is 0 Å². The van der Waals surface area contributed by atoms with Gasteiger partial charge >= 0.3 is 5.69 Å². The Hall–Kier alpha value is -2.00. The van der Waals surface area contributed by atoms with Crippen molar-refractivity contribution in [2.45, 2.75) is 38.8 Å². The first-order chi connectivity index (χ1) is 11.5. The summed E-state index contributed by atoms with van der Waals surface area (Å²) < 4.78 is 28.9. The van der Waals surface area contributed by atoms with Crippen LogP contribution < -0.4 is 10.4 Å². The van der Waals surface area contributed by atoms with E-state index in [4.69, 9.17) is 0 Å². The lowest BCUT2D eigenvalue weighted by Gasteiger charge is -2.04. The molecule has 0 amide bonds. The lowest BCUT2D eigenvalue weighted by molar-refractivity contribution is 0.546. The molecule has 0 aliphatic heterocycles. The van der Waals surface area contributed by atoms with E-state index in [1.54, 1.807) is 30.0 Å². The zero-order valence-corrected chi connectivity index (χ0v) is 14.4. The Labute approximate surface area is 140 Å². The Bertz CT molecular complexity index is 853. The summed E-state index contributed by atoms with van der Waals surface area (Å²) in [5.74, 6) is 0.673. The van der Waals surface area contributed by atoms with Gasteiger partial charge in [0.15, 0.2) is 5.82 Å². The van der Waals surface area contributed by atoms with Crippen molar-refractivity contribution < 1.29 is 8.42 Å². The summed E-state index contributed by atoms with van der Waals surface area (Å²) in [6, 6.07) is 3.84. The fourth-order valence-corrected chi connectivity index (χ4v) is 3.65. The van der Waals surface area contributed by atoms with Gasteiger partial charge in [0.25, 0.3) is 0 Å². The highest BCUT2D eigenvalue weighted by atomic mass is 32.2. The van der Waals surface area contributed by atoms with Gasteiger partial charge in [-0.05, 0) is 31.4 Å². The predicted octanol–water partition coefficient (Wildman–Crippen LogP) is 0.771. The van der Waals surface area contributed by atoms with E-state index in [0.717, 1.165) is 18.4 Å². The highest BCUT2D eigenvalue weighted by molar-refractivity contribution is 7.89. The van der Waals surface area contributed by atoms with E-state index in [2.05, 4.69) is 14.8 Å². The topological polar surface area (TPSA) is 98.9 Å². The van der Waals surface area contributed by atoms with E-state index < -0.39 is 10.0 Å². The highest BCUT2D eigenvalue weighted by Crippen LogP contribution is 2.36. The third-order valence-electron chi connectivity index (χ3n) is 3.82. The van der Waals surface area contributed by atoms with Crippen molar-refractivity contribution in [2.75, 3.05) is 12.3 Å². The summed E-state index contributed by atoms with van der Waals surface area (Å²) in [4.78, 5) is 16.7. The van der Waals surface area contributed by atoms with Crippen molar-refractivity contribution in [3.8, 4) is 11.4 Å². The normalized spacial score (nSPS) is 14.9. The first-order valence-corrected chi connectivity index (χ1v) is 9.74. The molecule has 0 saturated heterocycles. The molecular weight excluding hydrogens is 330 g/mol. The molecule has 2 heterocycles. The molecule has 0 spiro atoms. The summed E-state index contributed by atoms with van der Waals surface area (Å²) in [5.41, 5.74) is 0.581. The van der Waals surface area contributed by atoms with Crippen LogP contribution >= 0.6 is 0 Å². The maximum absolute atomic E-state index is 12.6. The lowest BCUT2D eigenvalue weighted by atomic mass is 10.3. The van der Waals surface area contributed by atoms with E-state index in [1.165, 1.54) is 4.68 Å². The van der Waals surface area contributed by atoms with Crippen molar-refractivity contribution in [1.82, 2.24) is 24.1 Å². The molecule has 0 radical (unpaired) electrons. The Balaban J connectivity index is 1.81. The highest BCUT2D eigenvalue weighted by Gasteiger charge is 2.30. The maximum atomic E-state index is 12.6. The minimum absolute atomic E-state index is 0.0827. The Kier molecular flexibility index (Phi) is 4.81. The van der Waals surface area contributed by atoms with Gasteiger partial charge in [0.05, 0.1) is 12.3 Å². The van der Waals surface area contributed by atoms with E-state index in [9.17, 15) is 13.2 Å². The lowest BCUT2D eigenvalue weighted by Crippen LogP contribution is -2.33. The Morgan fingerprint density at radius 3 is 2.79 bits per heavy atom. The maximum Gasteiger partial charge on any atom is 0.346 e. The van der Waals surface area contributed by atoms with Gasteiger partial charge in [0, 0.05) is 30.5 Å². The van der Waals surface area contributed by atoms with Crippen molar-refractivity contribution in [3.05, 3.63) is 35.0 Å².